The molecule has 2 atom stereocenters. The molecule has 2 aromatic carbocycles. The number of halogens is 1. The average molecular weight is 386 g/mol. The van der Waals surface area contributed by atoms with Crippen LogP contribution < -0.4 is 10.6 Å². The zero-order chi connectivity index (χ0) is 19.2. The van der Waals surface area contributed by atoms with Crippen LogP contribution in [0.15, 0.2) is 54.6 Å². The third-order valence-electron chi connectivity index (χ3n) is 4.90. The maximum atomic E-state index is 12.6. The van der Waals surface area contributed by atoms with Crippen molar-refractivity contribution in [2.45, 2.75) is 25.8 Å². The highest BCUT2D eigenvalue weighted by molar-refractivity contribution is 6.30. The van der Waals surface area contributed by atoms with E-state index in [2.05, 4.69) is 15.5 Å². The number of piperidine rings is 1. The van der Waals surface area contributed by atoms with Crippen LogP contribution in [0.5, 0.6) is 0 Å². The zero-order valence-electron chi connectivity index (χ0n) is 15.3. The monoisotopic (exact) mass is 385 g/mol. The summed E-state index contributed by atoms with van der Waals surface area (Å²) >= 11 is 5.88. The fraction of sp³-hybridized carbons (Fsp3) is 0.333. The van der Waals surface area contributed by atoms with Crippen molar-refractivity contribution in [3.8, 4) is 0 Å². The van der Waals surface area contributed by atoms with E-state index in [1.807, 2.05) is 37.3 Å². The molecule has 0 saturated carbocycles. The van der Waals surface area contributed by atoms with E-state index >= 15 is 0 Å². The number of carbonyl (C=O) groups is 2. The summed E-state index contributed by atoms with van der Waals surface area (Å²) in [5, 5.41) is 6.51. The maximum Gasteiger partial charge on any atom is 0.241 e. The summed E-state index contributed by atoms with van der Waals surface area (Å²) in [7, 11) is 0. The average Bonchev–Trinajstić information content (AvgIpc) is 2.70. The minimum Gasteiger partial charge on any atom is -0.326 e. The predicted octanol–water partition coefficient (Wildman–Crippen LogP) is 4.02. The Morgan fingerprint density at radius 3 is 2.41 bits per heavy atom. The lowest BCUT2D eigenvalue weighted by Crippen LogP contribution is -2.49. The van der Waals surface area contributed by atoms with Gasteiger partial charge in [-0.2, -0.15) is 0 Å². The molecule has 27 heavy (non-hydrogen) atoms. The molecule has 2 aromatic rings. The molecule has 0 aliphatic carbocycles. The molecule has 5 nitrogen and oxygen atoms in total. The van der Waals surface area contributed by atoms with Crippen molar-refractivity contribution in [2.24, 2.45) is 5.92 Å². The van der Waals surface area contributed by atoms with Gasteiger partial charge >= 0.3 is 0 Å². The number of rotatable bonds is 5. The lowest BCUT2D eigenvalue weighted by Gasteiger charge is -2.35. The van der Waals surface area contributed by atoms with E-state index in [-0.39, 0.29) is 23.8 Å². The van der Waals surface area contributed by atoms with Gasteiger partial charge in [-0.1, -0.05) is 29.8 Å². The summed E-state index contributed by atoms with van der Waals surface area (Å²) < 4.78 is 0. The Balaban J connectivity index is 1.57. The summed E-state index contributed by atoms with van der Waals surface area (Å²) in [5.74, 6) is -0.192. The fourth-order valence-corrected chi connectivity index (χ4v) is 3.41. The van der Waals surface area contributed by atoms with Gasteiger partial charge in [0.2, 0.25) is 11.8 Å². The van der Waals surface area contributed by atoms with Crippen LogP contribution in [-0.2, 0) is 9.59 Å². The first kappa shape index (κ1) is 19.4. The number of hydrogen-bond acceptors (Lipinski definition) is 3. The highest BCUT2D eigenvalue weighted by atomic mass is 35.5. The number of amides is 2. The standard InChI is InChI=1S/C21H24ClN3O2/c1-15(20(26)23-19-11-9-17(22)10-12-19)25-13-5-6-16(14-25)21(27)24-18-7-3-2-4-8-18/h2-4,7-12,15-16H,5-6,13-14H2,1H3,(H,23,26)(H,24,27)/t15-,16-/m1/s1. The lowest BCUT2D eigenvalue weighted by molar-refractivity contribution is -0.125. The Hall–Kier alpha value is -2.37. The van der Waals surface area contributed by atoms with Gasteiger partial charge in [0, 0.05) is 22.9 Å². The third kappa shape index (κ3) is 5.31. The molecule has 0 unspecified atom stereocenters. The van der Waals surface area contributed by atoms with E-state index in [4.69, 9.17) is 11.6 Å². The molecule has 2 N–H and O–H groups in total. The Morgan fingerprint density at radius 1 is 1.04 bits per heavy atom. The van der Waals surface area contributed by atoms with E-state index < -0.39 is 0 Å². The van der Waals surface area contributed by atoms with Crippen LogP contribution in [0.4, 0.5) is 11.4 Å². The van der Waals surface area contributed by atoms with Gasteiger partial charge in [-0.15, -0.1) is 0 Å². The summed E-state index contributed by atoms with van der Waals surface area (Å²) in [6.07, 6.45) is 1.73. The summed E-state index contributed by atoms with van der Waals surface area (Å²) in [6.45, 7) is 3.26. The number of nitrogens with one attached hydrogen (secondary N) is 2. The van der Waals surface area contributed by atoms with Crippen LogP contribution in [0.2, 0.25) is 5.02 Å². The van der Waals surface area contributed by atoms with Crippen molar-refractivity contribution in [3.63, 3.8) is 0 Å². The second-order valence-electron chi connectivity index (χ2n) is 6.86. The summed E-state index contributed by atoms with van der Waals surface area (Å²) in [4.78, 5) is 27.2. The SMILES string of the molecule is C[C@H](C(=O)Nc1ccc(Cl)cc1)N1CCC[C@@H](C(=O)Nc2ccccc2)C1. The number of benzene rings is 2. The maximum absolute atomic E-state index is 12.6. The normalized spacial score (nSPS) is 18.5. The molecule has 0 bridgehead atoms. The topological polar surface area (TPSA) is 61.4 Å². The highest BCUT2D eigenvalue weighted by Gasteiger charge is 2.30. The molecule has 0 aromatic heterocycles. The molecule has 142 valence electrons. The van der Waals surface area contributed by atoms with Crippen molar-refractivity contribution in [2.75, 3.05) is 23.7 Å². The van der Waals surface area contributed by atoms with Gasteiger partial charge in [0.1, 0.15) is 0 Å². The van der Waals surface area contributed by atoms with Gasteiger partial charge in [0.15, 0.2) is 0 Å². The van der Waals surface area contributed by atoms with E-state index in [1.54, 1.807) is 24.3 Å². The summed E-state index contributed by atoms with van der Waals surface area (Å²) in [5.41, 5.74) is 1.51. The molecule has 1 aliphatic heterocycles. The molecule has 1 heterocycles. The van der Waals surface area contributed by atoms with Crippen LogP contribution in [0.1, 0.15) is 19.8 Å². The second-order valence-corrected chi connectivity index (χ2v) is 7.30. The van der Waals surface area contributed by atoms with Gasteiger partial charge < -0.3 is 10.6 Å². The third-order valence-corrected chi connectivity index (χ3v) is 5.16. The quantitative estimate of drug-likeness (QED) is 0.817. The Labute approximate surface area is 164 Å². The van der Waals surface area contributed by atoms with Crippen LogP contribution >= 0.6 is 11.6 Å². The zero-order valence-corrected chi connectivity index (χ0v) is 16.1. The molecular formula is C21H24ClN3O2. The molecule has 1 aliphatic rings. The molecule has 3 rings (SSSR count). The fourth-order valence-electron chi connectivity index (χ4n) is 3.28. The minimum absolute atomic E-state index is 0.0104. The first-order valence-electron chi connectivity index (χ1n) is 9.19. The van der Waals surface area contributed by atoms with E-state index in [0.717, 1.165) is 25.1 Å². The molecular weight excluding hydrogens is 362 g/mol. The number of likely N-dealkylation sites (tertiary alicyclic amines) is 1. The summed E-state index contributed by atoms with van der Waals surface area (Å²) in [6, 6.07) is 16.2. The Kier molecular flexibility index (Phi) is 6.48. The highest BCUT2D eigenvalue weighted by Crippen LogP contribution is 2.21. The van der Waals surface area contributed by atoms with Crippen LogP contribution in [0.3, 0.4) is 0 Å². The van der Waals surface area contributed by atoms with Crippen LogP contribution in [0.25, 0.3) is 0 Å². The molecule has 2 amide bonds. The molecule has 0 spiro atoms. The van der Waals surface area contributed by atoms with Crippen molar-refractivity contribution < 1.29 is 9.59 Å². The smallest absolute Gasteiger partial charge is 0.241 e. The second kappa shape index (κ2) is 9.02. The van der Waals surface area contributed by atoms with Crippen molar-refractivity contribution in [3.05, 3.63) is 59.6 Å². The largest absolute Gasteiger partial charge is 0.326 e. The van der Waals surface area contributed by atoms with Gasteiger partial charge in [0.25, 0.3) is 0 Å². The van der Waals surface area contributed by atoms with Crippen molar-refractivity contribution >= 4 is 34.8 Å². The van der Waals surface area contributed by atoms with E-state index in [9.17, 15) is 9.59 Å². The van der Waals surface area contributed by atoms with Crippen LogP contribution in [0, 0.1) is 5.92 Å². The van der Waals surface area contributed by atoms with Crippen molar-refractivity contribution in [1.82, 2.24) is 4.90 Å². The number of para-hydroxylation sites is 1. The molecule has 1 saturated heterocycles. The molecule has 0 radical (unpaired) electrons. The number of carbonyl (C=O) groups excluding carboxylic acids is 2. The number of nitrogens with zero attached hydrogens (tertiary/aromatic N) is 1. The van der Waals surface area contributed by atoms with E-state index in [1.165, 1.54) is 0 Å². The molecule has 1 fully saturated rings. The Bertz CT molecular complexity index is 780. The first-order chi connectivity index (χ1) is 13.0. The van der Waals surface area contributed by atoms with E-state index in [0.29, 0.717) is 17.3 Å². The number of anilines is 2. The van der Waals surface area contributed by atoms with Gasteiger partial charge in [-0.25, -0.2) is 0 Å². The van der Waals surface area contributed by atoms with Crippen LogP contribution in [-0.4, -0.2) is 35.8 Å². The lowest BCUT2D eigenvalue weighted by atomic mass is 9.95. The first-order valence-corrected chi connectivity index (χ1v) is 9.57. The van der Waals surface area contributed by atoms with Gasteiger partial charge in [-0.3, -0.25) is 14.5 Å². The predicted molar refractivity (Wildman–Crippen MR) is 109 cm³/mol. The Morgan fingerprint density at radius 2 is 1.70 bits per heavy atom. The minimum atomic E-state index is -0.312. The molecule has 6 heteroatoms. The van der Waals surface area contributed by atoms with Crippen molar-refractivity contribution in [1.29, 1.82) is 0 Å². The number of hydrogen-bond donors (Lipinski definition) is 2. The van der Waals surface area contributed by atoms with Gasteiger partial charge in [0.05, 0.1) is 12.0 Å². The van der Waals surface area contributed by atoms with Gasteiger partial charge in [-0.05, 0) is 62.7 Å².